The Morgan fingerprint density at radius 3 is 1.77 bits per heavy atom. The van der Waals surface area contributed by atoms with Gasteiger partial charge in [-0.25, -0.2) is 0 Å². The molecule has 3 radical (unpaired) electrons. The minimum absolute atomic E-state index is 0.00111. The van der Waals surface area contributed by atoms with Gasteiger partial charge in [-0.15, -0.1) is 0 Å². The van der Waals surface area contributed by atoms with Crippen LogP contribution in [0.1, 0.15) is 81.5 Å². The second-order valence-electron chi connectivity index (χ2n) is 5.92. The van der Waals surface area contributed by atoms with Crippen LogP contribution in [0.2, 0.25) is 0 Å². The van der Waals surface area contributed by atoms with Crippen molar-refractivity contribution in [3.05, 3.63) is 28.1 Å². The second kappa shape index (κ2) is 10.3. The summed E-state index contributed by atoms with van der Waals surface area (Å²) in [6, 6.07) is 2.39. The molecule has 0 atom stereocenters. The molecule has 0 heterocycles. The van der Waals surface area contributed by atoms with Crippen LogP contribution in [0.5, 0.6) is 0 Å². The van der Waals surface area contributed by atoms with Gasteiger partial charge >= 0.3 is 148 Å². The van der Waals surface area contributed by atoms with Gasteiger partial charge in [0.1, 0.15) is 0 Å². The van der Waals surface area contributed by atoms with E-state index in [0.29, 0.717) is 0 Å². The number of benzene rings is 1. The number of nitrogens with zero attached hydrogens (tertiary/aromatic N) is 1. The first-order valence-electron chi connectivity index (χ1n) is 8.59. The van der Waals surface area contributed by atoms with E-state index in [-0.39, 0.29) is 5.82 Å². The third-order valence-electron chi connectivity index (χ3n) is 4.20. The summed E-state index contributed by atoms with van der Waals surface area (Å²) in [7, 11) is 0. The molecule has 1 aromatic carbocycles. The topological polar surface area (TPSA) is 23.8 Å². The quantitative estimate of drug-likeness (QED) is 0.553. The molecule has 0 unspecified atom stereocenters. The number of hydrogen-bond acceptors (Lipinski definition) is 1. The van der Waals surface area contributed by atoms with Crippen molar-refractivity contribution in [1.29, 1.82) is 5.26 Å². The average molecular weight is 407 g/mol. The Bertz CT molecular complexity index is 531. The summed E-state index contributed by atoms with van der Waals surface area (Å²) in [4.78, 5) is 0. The van der Waals surface area contributed by atoms with Gasteiger partial charge in [-0.2, -0.15) is 0 Å². The van der Waals surface area contributed by atoms with Crippen molar-refractivity contribution in [3.8, 4) is 6.07 Å². The molecule has 3 heteroatoms. The van der Waals surface area contributed by atoms with Crippen LogP contribution in [0.25, 0.3) is 0 Å². The fourth-order valence-electron chi connectivity index (χ4n) is 2.83. The molecule has 0 saturated carbocycles. The van der Waals surface area contributed by atoms with E-state index in [4.69, 9.17) is 0 Å². The van der Waals surface area contributed by atoms with E-state index in [1.807, 2.05) is 0 Å². The maximum atomic E-state index is 15.1. The van der Waals surface area contributed by atoms with E-state index in [1.165, 1.54) is 0 Å². The molecule has 0 aliphatic heterocycles. The summed E-state index contributed by atoms with van der Waals surface area (Å²) in [5, 5.41) is 9.63. The first-order chi connectivity index (χ1) is 10.6. The Balaban J connectivity index is 3.42. The van der Waals surface area contributed by atoms with Gasteiger partial charge in [-0.05, 0) is 0 Å². The molecule has 0 aliphatic carbocycles. The van der Waals surface area contributed by atoms with Crippen molar-refractivity contribution in [2.24, 2.45) is 0 Å². The molecule has 0 amide bonds. The zero-order chi connectivity index (χ0) is 16.5. The summed E-state index contributed by atoms with van der Waals surface area (Å²) < 4.78 is 16.1. The monoisotopic (exact) mass is 408 g/mol. The number of hydrogen-bond donors (Lipinski definition) is 0. The van der Waals surface area contributed by atoms with E-state index >= 15 is 4.39 Å². The van der Waals surface area contributed by atoms with Crippen LogP contribution in [-0.4, -0.2) is 22.5 Å². The number of halogens is 1. The molecule has 0 bridgehead atoms. The van der Waals surface area contributed by atoms with Crippen LogP contribution in [-0.2, 0) is 19.3 Å². The molecular weight excluding hydrogens is 380 g/mol. The molecule has 0 aliphatic rings. The van der Waals surface area contributed by atoms with Gasteiger partial charge in [-0.3, -0.25) is 0 Å². The van der Waals surface area contributed by atoms with Crippen molar-refractivity contribution in [2.75, 3.05) is 0 Å². The minimum atomic E-state index is -0.00111. The van der Waals surface area contributed by atoms with Gasteiger partial charge in [0.2, 0.25) is 0 Å². The molecule has 22 heavy (non-hydrogen) atoms. The fourth-order valence-corrected chi connectivity index (χ4v) is 4.09. The standard InChI is InChI=1S/C19H27FN.Sn/c1-4-7-10-15-13-16(14-21)17(11-8-5-2)18(19(15)20)12-9-6-3;/h4-12H2,1-3H3;. The molecule has 0 fully saturated rings. The summed E-state index contributed by atoms with van der Waals surface area (Å²) in [6.07, 6.45) is 8.56. The fraction of sp³-hybridized carbons (Fsp3) is 0.632. The van der Waals surface area contributed by atoms with Crippen LogP contribution in [0.15, 0.2) is 0 Å². The van der Waals surface area contributed by atoms with Gasteiger partial charge < -0.3 is 0 Å². The predicted molar refractivity (Wildman–Crippen MR) is 92.3 cm³/mol. The summed E-state index contributed by atoms with van der Waals surface area (Å²) >= 11 is 1.16. The SMILES string of the molecule is CCCCc1c(F)c(CCCC)c(CCCC)c(C#N)[c]1[Sn]. The van der Waals surface area contributed by atoms with Crippen molar-refractivity contribution in [1.82, 2.24) is 0 Å². The number of nitriles is 1. The molecular formula is C19H27FNSn. The Labute approximate surface area is 148 Å². The van der Waals surface area contributed by atoms with E-state index in [9.17, 15) is 5.26 Å². The molecule has 1 aromatic rings. The first-order valence-corrected chi connectivity index (χ1v) is 10.0. The third kappa shape index (κ3) is 4.72. The Morgan fingerprint density at radius 2 is 1.32 bits per heavy atom. The second-order valence-corrected chi connectivity index (χ2v) is 7.35. The van der Waals surface area contributed by atoms with Gasteiger partial charge in [-0.1, -0.05) is 0 Å². The Morgan fingerprint density at radius 1 is 0.864 bits per heavy atom. The molecule has 119 valence electrons. The van der Waals surface area contributed by atoms with Gasteiger partial charge in [0, 0.05) is 0 Å². The Hall–Kier alpha value is -0.561. The first kappa shape index (κ1) is 19.5. The van der Waals surface area contributed by atoms with E-state index in [0.717, 1.165) is 106 Å². The normalized spacial score (nSPS) is 10.7. The van der Waals surface area contributed by atoms with Gasteiger partial charge in [0.25, 0.3) is 0 Å². The zero-order valence-electron chi connectivity index (χ0n) is 14.2. The molecule has 0 saturated heterocycles. The van der Waals surface area contributed by atoms with E-state index in [1.54, 1.807) is 0 Å². The summed E-state index contributed by atoms with van der Waals surface area (Å²) in [5.41, 5.74) is 3.44. The van der Waals surface area contributed by atoms with Crippen LogP contribution < -0.4 is 3.58 Å². The van der Waals surface area contributed by atoms with Gasteiger partial charge in [0.05, 0.1) is 0 Å². The molecule has 0 N–H and O–H groups in total. The summed E-state index contributed by atoms with van der Waals surface area (Å²) in [6.45, 7) is 6.40. The van der Waals surface area contributed by atoms with Crippen molar-refractivity contribution >= 4 is 26.1 Å². The molecule has 1 rings (SSSR count). The molecule has 0 aromatic heterocycles. The van der Waals surface area contributed by atoms with E-state index < -0.39 is 0 Å². The Kier molecular flexibility index (Phi) is 9.09. The van der Waals surface area contributed by atoms with Gasteiger partial charge in [0.15, 0.2) is 0 Å². The predicted octanol–water partition coefficient (Wildman–Crippen LogP) is 4.52. The third-order valence-corrected chi connectivity index (χ3v) is 5.78. The number of unbranched alkanes of at least 4 members (excludes halogenated alkanes) is 3. The number of rotatable bonds is 9. The van der Waals surface area contributed by atoms with Crippen LogP contribution in [0, 0.1) is 17.1 Å². The maximum absolute atomic E-state index is 15.1. The van der Waals surface area contributed by atoms with Crippen LogP contribution in [0.3, 0.4) is 0 Å². The zero-order valence-corrected chi connectivity index (χ0v) is 17.0. The molecule has 1 nitrogen and oxygen atoms in total. The molecule has 0 spiro atoms. The van der Waals surface area contributed by atoms with E-state index in [2.05, 4.69) is 26.8 Å². The van der Waals surface area contributed by atoms with Crippen LogP contribution >= 0.6 is 0 Å². The van der Waals surface area contributed by atoms with Crippen molar-refractivity contribution < 1.29 is 4.39 Å². The van der Waals surface area contributed by atoms with Crippen molar-refractivity contribution in [2.45, 2.75) is 78.6 Å². The summed E-state index contributed by atoms with van der Waals surface area (Å²) in [5.74, 6) is -0.00111. The average Bonchev–Trinajstić information content (AvgIpc) is 2.52. The van der Waals surface area contributed by atoms with Crippen LogP contribution in [0.4, 0.5) is 4.39 Å². The van der Waals surface area contributed by atoms with Crippen molar-refractivity contribution in [3.63, 3.8) is 0 Å².